The Balaban J connectivity index is 2.29. The largest absolute Gasteiger partial charge is 0.494 e. The first-order valence-corrected chi connectivity index (χ1v) is 8.12. The zero-order chi connectivity index (χ0) is 17.0. The standard InChI is InChI=1S/C16H19N3O3S/c1-4-13-18-9(3)14(23-13)16(21)19-12-7-6-10(22-5-2)8-11(12)15(17)20/h6-8H,4-5H2,1-3H3,(H2,17,20)(H,19,21). The molecule has 122 valence electrons. The number of hydrogen-bond acceptors (Lipinski definition) is 5. The van der Waals surface area contributed by atoms with Gasteiger partial charge in [-0.15, -0.1) is 11.3 Å². The number of carbonyl (C=O) groups excluding carboxylic acids is 2. The second kappa shape index (κ2) is 7.23. The summed E-state index contributed by atoms with van der Waals surface area (Å²) < 4.78 is 5.35. The summed E-state index contributed by atoms with van der Waals surface area (Å²) in [6.07, 6.45) is 0.772. The van der Waals surface area contributed by atoms with Gasteiger partial charge in [-0.1, -0.05) is 6.92 Å². The lowest BCUT2D eigenvalue weighted by molar-refractivity contribution is 0.100. The molecule has 0 aliphatic heterocycles. The molecule has 0 atom stereocenters. The summed E-state index contributed by atoms with van der Waals surface area (Å²) in [6, 6.07) is 4.82. The Kier molecular flexibility index (Phi) is 5.33. The molecule has 1 heterocycles. The monoisotopic (exact) mass is 333 g/mol. The lowest BCUT2D eigenvalue weighted by Gasteiger charge is -2.11. The van der Waals surface area contributed by atoms with E-state index in [1.807, 2.05) is 13.8 Å². The molecule has 6 nitrogen and oxygen atoms in total. The number of nitrogens with one attached hydrogen (secondary N) is 1. The number of benzene rings is 1. The fraction of sp³-hybridized carbons (Fsp3) is 0.312. The number of rotatable bonds is 6. The summed E-state index contributed by atoms with van der Waals surface area (Å²) in [4.78, 5) is 28.9. The van der Waals surface area contributed by atoms with Crippen molar-refractivity contribution in [3.05, 3.63) is 39.3 Å². The van der Waals surface area contributed by atoms with Crippen LogP contribution in [0.15, 0.2) is 18.2 Å². The van der Waals surface area contributed by atoms with Crippen LogP contribution in [0.5, 0.6) is 5.75 Å². The minimum Gasteiger partial charge on any atom is -0.494 e. The highest BCUT2D eigenvalue weighted by Crippen LogP contribution is 2.25. The van der Waals surface area contributed by atoms with Gasteiger partial charge in [0.15, 0.2) is 0 Å². The van der Waals surface area contributed by atoms with Crippen LogP contribution < -0.4 is 15.8 Å². The van der Waals surface area contributed by atoms with E-state index in [9.17, 15) is 9.59 Å². The van der Waals surface area contributed by atoms with Crippen LogP contribution in [0.4, 0.5) is 5.69 Å². The first-order valence-electron chi connectivity index (χ1n) is 7.30. The van der Waals surface area contributed by atoms with Crippen molar-refractivity contribution in [2.24, 2.45) is 5.73 Å². The van der Waals surface area contributed by atoms with Crippen molar-refractivity contribution in [2.45, 2.75) is 27.2 Å². The molecule has 0 radical (unpaired) electrons. The number of anilines is 1. The Hall–Kier alpha value is -2.41. The van der Waals surface area contributed by atoms with Crippen molar-refractivity contribution in [3.63, 3.8) is 0 Å². The van der Waals surface area contributed by atoms with Gasteiger partial charge in [0, 0.05) is 0 Å². The molecule has 23 heavy (non-hydrogen) atoms. The van der Waals surface area contributed by atoms with Gasteiger partial charge in [0.05, 0.1) is 28.6 Å². The molecule has 0 fully saturated rings. The number of nitrogens with two attached hydrogens (primary N) is 1. The number of ether oxygens (including phenoxy) is 1. The average molecular weight is 333 g/mol. The molecule has 0 spiro atoms. The number of nitrogens with zero attached hydrogens (tertiary/aromatic N) is 1. The quantitative estimate of drug-likeness (QED) is 0.850. The topological polar surface area (TPSA) is 94.3 Å². The van der Waals surface area contributed by atoms with E-state index in [2.05, 4.69) is 10.3 Å². The SMILES string of the molecule is CCOc1ccc(NC(=O)c2sc(CC)nc2C)c(C(N)=O)c1. The molecule has 0 unspecified atom stereocenters. The van der Waals surface area contributed by atoms with Crippen molar-refractivity contribution in [3.8, 4) is 5.75 Å². The third-order valence-corrected chi connectivity index (χ3v) is 4.47. The maximum atomic E-state index is 12.4. The number of hydrogen-bond donors (Lipinski definition) is 2. The number of thiazole rings is 1. The van der Waals surface area contributed by atoms with Crippen molar-refractivity contribution in [1.29, 1.82) is 0 Å². The van der Waals surface area contributed by atoms with Gasteiger partial charge in [-0.05, 0) is 38.5 Å². The highest BCUT2D eigenvalue weighted by Gasteiger charge is 2.18. The molecule has 1 aromatic heterocycles. The van der Waals surface area contributed by atoms with Crippen molar-refractivity contribution in [1.82, 2.24) is 4.98 Å². The summed E-state index contributed by atoms with van der Waals surface area (Å²) in [5.74, 6) is -0.398. The Morgan fingerprint density at radius 1 is 1.35 bits per heavy atom. The van der Waals surface area contributed by atoms with Gasteiger partial charge >= 0.3 is 0 Å². The van der Waals surface area contributed by atoms with E-state index in [4.69, 9.17) is 10.5 Å². The first kappa shape index (κ1) is 17.0. The van der Waals surface area contributed by atoms with E-state index in [1.54, 1.807) is 19.1 Å². The highest BCUT2D eigenvalue weighted by molar-refractivity contribution is 7.13. The fourth-order valence-electron chi connectivity index (χ4n) is 2.09. The summed E-state index contributed by atoms with van der Waals surface area (Å²) in [7, 11) is 0. The zero-order valence-electron chi connectivity index (χ0n) is 13.3. The second-order valence-corrected chi connectivity index (χ2v) is 5.92. The van der Waals surface area contributed by atoms with Crippen LogP contribution in [-0.4, -0.2) is 23.4 Å². The van der Waals surface area contributed by atoms with Crippen LogP contribution in [0, 0.1) is 6.92 Å². The predicted molar refractivity (Wildman–Crippen MR) is 90.3 cm³/mol. The third-order valence-electron chi connectivity index (χ3n) is 3.17. The van der Waals surface area contributed by atoms with E-state index in [0.29, 0.717) is 28.6 Å². The molecule has 7 heteroatoms. The number of amides is 2. The van der Waals surface area contributed by atoms with Crippen LogP contribution >= 0.6 is 11.3 Å². The smallest absolute Gasteiger partial charge is 0.267 e. The lowest BCUT2D eigenvalue weighted by Crippen LogP contribution is -2.18. The zero-order valence-corrected chi connectivity index (χ0v) is 14.1. The molecule has 3 N–H and O–H groups in total. The molecular weight excluding hydrogens is 314 g/mol. The molecule has 1 aromatic carbocycles. The van der Waals surface area contributed by atoms with Crippen molar-refractivity contribution >= 4 is 28.8 Å². The number of aryl methyl sites for hydroxylation is 2. The Labute approximate surface area is 138 Å². The second-order valence-electron chi connectivity index (χ2n) is 4.83. The maximum absolute atomic E-state index is 12.4. The van der Waals surface area contributed by atoms with Crippen LogP contribution in [0.3, 0.4) is 0 Å². The molecule has 0 bridgehead atoms. The van der Waals surface area contributed by atoms with Crippen LogP contribution in [-0.2, 0) is 6.42 Å². The molecule has 0 saturated carbocycles. The molecule has 0 aliphatic rings. The minimum atomic E-state index is -0.628. The maximum Gasteiger partial charge on any atom is 0.267 e. The van der Waals surface area contributed by atoms with Gasteiger partial charge < -0.3 is 15.8 Å². The normalized spacial score (nSPS) is 10.4. The van der Waals surface area contributed by atoms with Crippen LogP contribution in [0.25, 0.3) is 0 Å². The van der Waals surface area contributed by atoms with Crippen molar-refractivity contribution < 1.29 is 14.3 Å². The lowest BCUT2D eigenvalue weighted by atomic mass is 10.1. The van der Waals surface area contributed by atoms with Gasteiger partial charge in [0.25, 0.3) is 11.8 Å². The summed E-state index contributed by atoms with van der Waals surface area (Å²) in [6.45, 7) is 6.09. The third kappa shape index (κ3) is 3.87. The molecule has 2 amide bonds. The Bertz CT molecular complexity index is 740. The molecule has 2 rings (SSSR count). The molecular formula is C16H19N3O3S. The van der Waals surface area contributed by atoms with E-state index < -0.39 is 5.91 Å². The predicted octanol–water partition coefficient (Wildman–Crippen LogP) is 2.76. The van der Waals surface area contributed by atoms with Gasteiger partial charge in [0.2, 0.25) is 0 Å². The molecule has 2 aromatic rings. The summed E-state index contributed by atoms with van der Waals surface area (Å²) >= 11 is 1.35. The Morgan fingerprint density at radius 3 is 2.65 bits per heavy atom. The minimum absolute atomic E-state index is 0.210. The molecule has 0 aliphatic carbocycles. The molecule has 0 saturated heterocycles. The van der Waals surface area contributed by atoms with Gasteiger partial charge in [-0.2, -0.15) is 0 Å². The fourth-order valence-corrected chi connectivity index (χ4v) is 2.99. The van der Waals surface area contributed by atoms with E-state index in [1.165, 1.54) is 17.4 Å². The van der Waals surface area contributed by atoms with E-state index in [0.717, 1.165) is 11.4 Å². The first-order chi connectivity index (χ1) is 11.0. The van der Waals surface area contributed by atoms with Gasteiger partial charge in [0.1, 0.15) is 10.6 Å². The van der Waals surface area contributed by atoms with Gasteiger partial charge in [-0.25, -0.2) is 4.98 Å². The number of primary amides is 1. The van der Waals surface area contributed by atoms with Crippen LogP contribution in [0.1, 0.15) is 44.6 Å². The van der Waals surface area contributed by atoms with E-state index >= 15 is 0 Å². The highest BCUT2D eigenvalue weighted by atomic mass is 32.1. The number of aromatic nitrogens is 1. The summed E-state index contributed by atoms with van der Waals surface area (Å²) in [5.41, 5.74) is 6.64. The Morgan fingerprint density at radius 2 is 2.09 bits per heavy atom. The van der Waals surface area contributed by atoms with Crippen molar-refractivity contribution in [2.75, 3.05) is 11.9 Å². The van der Waals surface area contributed by atoms with Gasteiger partial charge in [-0.3, -0.25) is 9.59 Å². The van der Waals surface area contributed by atoms with Crippen LogP contribution in [0.2, 0.25) is 0 Å². The van der Waals surface area contributed by atoms with E-state index in [-0.39, 0.29) is 11.5 Å². The number of carbonyl (C=O) groups is 2. The average Bonchev–Trinajstić information content (AvgIpc) is 2.90. The summed E-state index contributed by atoms with van der Waals surface area (Å²) in [5, 5.41) is 3.63.